The number of likely N-dealkylation sites (N-methyl/N-ethyl adjacent to an activating group) is 3. The van der Waals surface area contributed by atoms with Gasteiger partial charge in [0.25, 0.3) is 0 Å². The molecule has 31 heavy (non-hydrogen) atoms. The van der Waals surface area contributed by atoms with E-state index < -0.39 is 15.4 Å². The van der Waals surface area contributed by atoms with Crippen molar-refractivity contribution < 1.29 is 18.0 Å². The quantitative estimate of drug-likeness (QED) is 0.659. The Morgan fingerprint density at radius 1 is 1.10 bits per heavy atom. The molecule has 1 aliphatic heterocycles. The Hall–Kier alpha value is -2.71. The number of carbonyl (C=O) groups is 2. The summed E-state index contributed by atoms with van der Waals surface area (Å²) in [6.45, 7) is 6.07. The number of benzene rings is 2. The second-order valence-electron chi connectivity index (χ2n) is 8.32. The first kappa shape index (κ1) is 23.0. The second-order valence-corrected chi connectivity index (χ2v) is 10.4. The van der Waals surface area contributed by atoms with Crippen LogP contribution in [0.5, 0.6) is 0 Å². The second kappa shape index (κ2) is 8.43. The van der Waals surface area contributed by atoms with Crippen LogP contribution >= 0.6 is 0 Å². The molecular weight excluding hydrogens is 414 g/mol. The van der Waals surface area contributed by atoms with Crippen LogP contribution in [-0.2, 0) is 31.6 Å². The molecule has 0 aliphatic carbocycles. The molecule has 0 aromatic heterocycles. The Bertz CT molecular complexity index is 1100. The van der Waals surface area contributed by atoms with E-state index in [4.69, 9.17) is 0 Å². The fourth-order valence-electron chi connectivity index (χ4n) is 3.85. The van der Waals surface area contributed by atoms with Crippen LogP contribution in [0, 0.1) is 0 Å². The number of carbonyl (C=O) groups excluding carboxylic acids is 2. The van der Waals surface area contributed by atoms with Gasteiger partial charge in [0, 0.05) is 32.9 Å². The standard InChI is InChI=1S/C23H29N3O4S/c1-6-26(15-17-10-8-7-9-11-17)21(27)16-24(4)31(29,30)18-12-13-20-19(14-18)23(2,3)22(28)25(20)5/h7-14H,6,15-16H2,1-5H3. The molecule has 0 bridgehead atoms. The predicted octanol–water partition coefficient (Wildman–Crippen LogP) is 2.61. The lowest BCUT2D eigenvalue weighted by Gasteiger charge is -2.24. The highest BCUT2D eigenvalue weighted by molar-refractivity contribution is 7.89. The molecule has 0 unspecified atom stereocenters. The van der Waals surface area contributed by atoms with Gasteiger partial charge in [0.1, 0.15) is 0 Å². The van der Waals surface area contributed by atoms with Crippen LogP contribution in [0.1, 0.15) is 31.9 Å². The lowest BCUT2D eigenvalue weighted by Crippen LogP contribution is -2.40. The largest absolute Gasteiger partial charge is 0.338 e. The van der Waals surface area contributed by atoms with Crippen LogP contribution in [0.4, 0.5) is 5.69 Å². The van der Waals surface area contributed by atoms with E-state index in [1.807, 2.05) is 37.3 Å². The summed E-state index contributed by atoms with van der Waals surface area (Å²) in [5, 5.41) is 0. The number of amides is 2. The Morgan fingerprint density at radius 3 is 2.35 bits per heavy atom. The summed E-state index contributed by atoms with van der Waals surface area (Å²) < 4.78 is 27.4. The van der Waals surface area contributed by atoms with Gasteiger partial charge in [-0.1, -0.05) is 30.3 Å². The Morgan fingerprint density at radius 2 is 1.74 bits per heavy atom. The van der Waals surface area contributed by atoms with Crippen LogP contribution < -0.4 is 4.90 Å². The van der Waals surface area contributed by atoms with Crippen molar-refractivity contribution in [1.82, 2.24) is 9.21 Å². The van der Waals surface area contributed by atoms with Gasteiger partial charge < -0.3 is 9.80 Å². The van der Waals surface area contributed by atoms with Gasteiger partial charge in [0.2, 0.25) is 21.8 Å². The molecule has 8 heteroatoms. The van der Waals surface area contributed by atoms with Crippen molar-refractivity contribution >= 4 is 27.5 Å². The molecule has 1 heterocycles. The van der Waals surface area contributed by atoms with Crippen molar-refractivity contribution in [3.63, 3.8) is 0 Å². The first-order valence-corrected chi connectivity index (χ1v) is 11.6. The maximum Gasteiger partial charge on any atom is 0.243 e. The molecular formula is C23H29N3O4S. The van der Waals surface area contributed by atoms with E-state index in [1.165, 1.54) is 13.1 Å². The highest BCUT2D eigenvalue weighted by Gasteiger charge is 2.43. The van der Waals surface area contributed by atoms with Crippen molar-refractivity contribution in [3.05, 3.63) is 59.7 Å². The third kappa shape index (κ3) is 4.22. The molecule has 166 valence electrons. The molecule has 0 saturated carbocycles. The fraction of sp³-hybridized carbons (Fsp3) is 0.391. The molecule has 0 N–H and O–H groups in total. The summed E-state index contributed by atoms with van der Waals surface area (Å²) in [4.78, 5) is 28.6. The topological polar surface area (TPSA) is 78.0 Å². The number of hydrogen-bond acceptors (Lipinski definition) is 4. The van der Waals surface area contributed by atoms with E-state index in [-0.39, 0.29) is 23.3 Å². The van der Waals surface area contributed by atoms with Crippen molar-refractivity contribution in [1.29, 1.82) is 0 Å². The van der Waals surface area contributed by atoms with E-state index in [1.54, 1.807) is 42.8 Å². The number of rotatable bonds is 7. The van der Waals surface area contributed by atoms with Gasteiger partial charge in [-0.05, 0) is 50.1 Å². The fourth-order valence-corrected chi connectivity index (χ4v) is 5.00. The smallest absolute Gasteiger partial charge is 0.243 e. The minimum atomic E-state index is -3.90. The molecule has 2 aromatic carbocycles. The molecule has 0 atom stereocenters. The Balaban J connectivity index is 1.80. The van der Waals surface area contributed by atoms with Crippen LogP contribution in [0.2, 0.25) is 0 Å². The van der Waals surface area contributed by atoms with Gasteiger partial charge in [-0.3, -0.25) is 9.59 Å². The normalized spacial score (nSPS) is 15.3. The monoisotopic (exact) mass is 443 g/mol. The SMILES string of the molecule is CCN(Cc1ccccc1)C(=O)CN(C)S(=O)(=O)c1ccc2c(c1)C(C)(C)C(=O)N2C. The first-order valence-electron chi connectivity index (χ1n) is 10.2. The Kier molecular flexibility index (Phi) is 6.25. The van der Waals surface area contributed by atoms with Crippen molar-refractivity contribution in [2.24, 2.45) is 0 Å². The van der Waals surface area contributed by atoms with Gasteiger partial charge in [-0.2, -0.15) is 4.31 Å². The van der Waals surface area contributed by atoms with E-state index >= 15 is 0 Å². The molecule has 0 spiro atoms. The first-order chi connectivity index (χ1) is 14.5. The van der Waals surface area contributed by atoms with Crippen LogP contribution in [-0.4, -0.2) is 56.6 Å². The number of sulfonamides is 1. The minimum Gasteiger partial charge on any atom is -0.338 e. The molecule has 2 amide bonds. The summed E-state index contributed by atoms with van der Waals surface area (Å²) in [5.41, 5.74) is 1.55. The average molecular weight is 444 g/mol. The van der Waals surface area contributed by atoms with E-state index in [9.17, 15) is 18.0 Å². The third-order valence-electron chi connectivity index (χ3n) is 5.86. The molecule has 1 aliphatic rings. The predicted molar refractivity (Wildman–Crippen MR) is 120 cm³/mol. The lowest BCUT2D eigenvalue weighted by atomic mass is 9.86. The zero-order valence-corrected chi connectivity index (χ0v) is 19.4. The third-order valence-corrected chi connectivity index (χ3v) is 7.66. The lowest BCUT2D eigenvalue weighted by molar-refractivity contribution is -0.131. The minimum absolute atomic E-state index is 0.0730. The maximum atomic E-state index is 13.2. The van der Waals surface area contributed by atoms with Crippen molar-refractivity contribution in [3.8, 4) is 0 Å². The number of fused-ring (bicyclic) bond motifs is 1. The van der Waals surface area contributed by atoms with Gasteiger partial charge in [-0.25, -0.2) is 8.42 Å². The molecule has 7 nitrogen and oxygen atoms in total. The molecule has 3 rings (SSSR count). The zero-order chi connectivity index (χ0) is 23.0. The van der Waals surface area contributed by atoms with Crippen LogP contribution in [0.25, 0.3) is 0 Å². The van der Waals surface area contributed by atoms with Gasteiger partial charge in [-0.15, -0.1) is 0 Å². The maximum absolute atomic E-state index is 13.2. The van der Waals surface area contributed by atoms with E-state index in [2.05, 4.69) is 0 Å². The summed E-state index contributed by atoms with van der Waals surface area (Å²) >= 11 is 0. The van der Waals surface area contributed by atoms with Crippen molar-refractivity contribution in [2.45, 2.75) is 37.6 Å². The van der Waals surface area contributed by atoms with Crippen LogP contribution in [0.3, 0.4) is 0 Å². The average Bonchev–Trinajstić information content (AvgIpc) is 2.92. The highest BCUT2D eigenvalue weighted by atomic mass is 32.2. The number of hydrogen-bond donors (Lipinski definition) is 0. The zero-order valence-electron chi connectivity index (χ0n) is 18.6. The number of anilines is 1. The molecule has 0 fully saturated rings. The van der Waals surface area contributed by atoms with Gasteiger partial charge in [0.15, 0.2) is 0 Å². The molecule has 0 radical (unpaired) electrons. The summed E-state index contributed by atoms with van der Waals surface area (Å²) in [6, 6.07) is 14.3. The van der Waals surface area contributed by atoms with Crippen LogP contribution in [0.15, 0.2) is 53.4 Å². The van der Waals surface area contributed by atoms with E-state index in [0.717, 1.165) is 9.87 Å². The molecule has 0 saturated heterocycles. The number of nitrogens with zero attached hydrogens (tertiary/aromatic N) is 3. The van der Waals surface area contributed by atoms with Crippen molar-refractivity contribution in [2.75, 3.05) is 32.1 Å². The summed E-state index contributed by atoms with van der Waals surface area (Å²) in [5.74, 6) is -0.353. The van der Waals surface area contributed by atoms with Gasteiger partial charge >= 0.3 is 0 Å². The van der Waals surface area contributed by atoms with E-state index in [0.29, 0.717) is 24.3 Å². The molecule has 2 aromatic rings. The highest BCUT2D eigenvalue weighted by Crippen LogP contribution is 2.41. The summed E-state index contributed by atoms with van der Waals surface area (Å²) in [7, 11) is -0.816. The summed E-state index contributed by atoms with van der Waals surface area (Å²) in [6.07, 6.45) is 0. The van der Waals surface area contributed by atoms with Gasteiger partial charge in [0.05, 0.1) is 16.9 Å². The Labute approximate surface area is 184 Å².